The molecule has 0 saturated carbocycles. The molecule has 0 N–H and O–H groups in total. The molecule has 2 amide bonds. The van der Waals surface area contributed by atoms with Gasteiger partial charge < -0.3 is 0 Å². The zero-order valence-electron chi connectivity index (χ0n) is 4.17. The van der Waals surface area contributed by atoms with E-state index in [-0.39, 0.29) is 12.8 Å². The number of amides is 2. The van der Waals surface area contributed by atoms with Crippen LogP contribution in [0.15, 0.2) is 20.8 Å². The molecule has 48 valence electrons. The van der Waals surface area contributed by atoms with Gasteiger partial charge in [0, 0.05) is 0 Å². The fraction of sp³-hybridized carbons (Fsp3) is 0. The summed E-state index contributed by atoms with van der Waals surface area (Å²) >= 11 is 0. The maximum absolute atomic E-state index is 9.36. The lowest BCUT2D eigenvalue weighted by Crippen LogP contribution is -1.65. The highest BCUT2D eigenvalue weighted by molar-refractivity contribution is 5.45. The molecule has 0 saturated heterocycles. The van der Waals surface area contributed by atoms with Gasteiger partial charge in [-0.05, 0) is 0 Å². The third-order valence-electron chi connectivity index (χ3n) is 0.262. The highest BCUT2D eigenvalue weighted by Crippen LogP contribution is 1.77. The van der Waals surface area contributed by atoms with Crippen LogP contribution in [0.25, 0.3) is 0 Å². The predicted octanol–water partition coefficient (Wildman–Crippen LogP) is 0.0502. The first-order valence-electron chi connectivity index (χ1n) is 1.75. The molecule has 0 spiro atoms. The lowest BCUT2D eigenvalue weighted by atomic mass is 11.5. The monoisotopic (exact) mass is 130 g/mol. The summed E-state index contributed by atoms with van der Waals surface area (Å²) < 4.78 is 0. The van der Waals surface area contributed by atoms with Crippen molar-refractivity contribution < 1.29 is 14.5 Å². The van der Waals surface area contributed by atoms with Gasteiger partial charge in [-0.3, -0.25) is 9.59 Å². The van der Waals surface area contributed by atoms with Gasteiger partial charge in [0.1, 0.15) is 0 Å². The van der Waals surface area contributed by atoms with E-state index in [1.54, 1.807) is 0 Å². The number of hydrogen-bond donors (Lipinski definition) is 0. The number of rotatable bonds is 4. The third-order valence-corrected chi connectivity index (χ3v) is 0.262. The molecule has 7 nitrogen and oxygen atoms in total. The smallest absolute Gasteiger partial charge is 0.255 e. The van der Waals surface area contributed by atoms with Gasteiger partial charge in [0.05, 0.1) is 10.6 Å². The van der Waals surface area contributed by atoms with E-state index in [2.05, 4.69) is 25.7 Å². The van der Waals surface area contributed by atoms with Gasteiger partial charge in [-0.2, -0.15) is 0 Å². The Hall–Kier alpha value is -1.66. The Morgan fingerprint density at radius 3 is 1.78 bits per heavy atom. The van der Waals surface area contributed by atoms with E-state index in [1.807, 2.05) is 0 Å². The predicted molar refractivity (Wildman–Crippen MR) is 22.9 cm³/mol. The van der Waals surface area contributed by atoms with Crippen LogP contribution in [-0.4, -0.2) is 12.8 Å². The molecule has 0 aliphatic rings. The van der Waals surface area contributed by atoms with Crippen LogP contribution < -0.4 is 0 Å². The van der Waals surface area contributed by atoms with Gasteiger partial charge in [0.25, 0.3) is 12.8 Å². The molecule has 0 aromatic rings. The second-order valence-corrected chi connectivity index (χ2v) is 0.687. The van der Waals surface area contributed by atoms with E-state index in [1.165, 1.54) is 0 Å². The van der Waals surface area contributed by atoms with E-state index in [0.29, 0.717) is 0 Å². The summed E-state index contributed by atoms with van der Waals surface area (Å²) in [6, 6.07) is 0. The first kappa shape index (κ1) is 7.34. The zero-order valence-corrected chi connectivity index (χ0v) is 4.17. The third kappa shape index (κ3) is 6.34. The lowest BCUT2D eigenvalue weighted by Gasteiger charge is -1.73. The zero-order chi connectivity index (χ0) is 6.95. The number of hydrogen-bond acceptors (Lipinski definition) is 5. The van der Waals surface area contributed by atoms with Gasteiger partial charge in [-0.1, -0.05) is 10.2 Å². The van der Waals surface area contributed by atoms with Crippen molar-refractivity contribution in [2.24, 2.45) is 20.8 Å². The van der Waals surface area contributed by atoms with Crippen LogP contribution in [0.5, 0.6) is 0 Å². The molecule has 0 bridgehead atoms. The van der Waals surface area contributed by atoms with E-state index >= 15 is 0 Å². The van der Waals surface area contributed by atoms with Crippen LogP contribution in [0, 0.1) is 0 Å². The van der Waals surface area contributed by atoms with E-state index < -0.39 is 0 Å². The van der Waals surface area contributed by atoms with Crippen LogP contribution in [0.4, 0.5) is 0 Å². The highest BCUT2D eigenvalue weighted by atomic mass is 16.8. The summed E-state index contributed by atoms with van der Waals surface area (Å²) in [4.78, 5) is 22.5. The fourth-order valence-electron chi connectivity index (χ4n) is 0.0970. The second kappa shape index (κ2) is 6.34. The molecule has 0 aliphatic heterocycles. The largest absolute Gasteiger partial charge is 0.274 e. The molecule has 0 aromatic carbocycles. The van der Waals surface area contributed by atoms with Crippen LogP contribution in [0.1, 0.15) is 0 Å². The first-order chi connectivity index (χ1) is 4.41. The average Bonchev–Trinajstić information content (AvgIpc) is 1.89. The van der Waals surface area contributed by atoms with E-state index in [0.717, 1.165) is 0 Å². The minimum atomic E-state index is 0.149. The summed E-state index contributed by atoms with van der Waals surface area (Å²) in [5.74, 6) is 0. The minimum Gasteiger partial charge on any atom is -0.274 e. The molecule has 0 aliphatic carbocycles. The fourth-order valence-corrected chi connectivity index (χ4v) is 0.0970. The summed E-state index contributed by atoms with van der Waals surface area (Å²) in [6.45, 7) is 0. The molecule has 7 heteroatoms. The van der Waals surface area contributed by atoms with Crippen molar-refractivity contribution in [3.05, 3.63) is 0 Å². The molecule has 0 atom stereocenters. The molecule has 9 heavy (non-hydrogen) atoms. The Morgan fingerprint density at radius 2 is 1.44 bits per heavy atom. The van der Waals surface area contributed by atoms with Crippen LogP contribution in [0.3, 0.4) is 0 Å². The number of nitrogens with zero attached hydrogens (tertiary/aromatic N) is 4. The second-order valence-electron chi connectivity index (χ2n) is 0.687. The molecule has 0 rings (SSSR count). The van der Waals surface area contributed by atoms with Crippen molar-refractivity contribution in [2.75, 3.05) is 0 Å². The SMILES string of the molecule is O=CN=NON=NC=O. The highest BCUT2D eigenvalue weighted by Gasteiger charge is 1.68. The molecule has 0 heterocycles. The van der Waals surface area contributed by atoms with Gasteiger partial charge in [-0.15, -0.1) is 0 Å². The summed E-state index contributed by atoms with van der Waals surface area (Å²) in [7, 11) is 0. The summed E-state index contributed by atoms with van der Waals surface area (Å²) in [5, 5.41) is 10.7. The Kier molecular flexibility index (Phi) is 5.17. The Bertz CT molecular complexity index is 125. The average molecular weight is 130 g/mol. The van der Waals surface area contributed by atoms with Crippen LogP contribution >= 0.6 is 0 Å². The minimum absolute atomic E-state index is 0.149. The molecule has 0 aromatic heterocycles. The molecule has 0 fully saturated rings. The first-order valence-corrected chi connectivity index (χ1v) is 1.75. The lowest BCUT2D eigenvalue weighted by molar-refractivity contribution is -0.108. The maximum Gasteiger partial charge on any atom is 0.255 e. The molecular formula is C2H2N4O3. The van der Waals surface area contributed by atoms with Crippen LogP contribution in [-0.2, 0) is 14.5 Å². The van der Waals surface area contributed by atoms with Gasteiger partial charge in [0.15, 0.2) is 0 Å². The molecular weight excluding hydrogens is 128 g/mol. The van der Waals surface area contributed by atoms with Crippen molar-refractivity contribution in [1.82, 2.24) is 0 Å². The summed E-state index contributed by atoms with van der Waals surface area (Å²) in [5.41, 5.74) is 0. The summed E-state index contributed by atoms with van der Waals surface area (Å²) in [6.07, 6.45) is 0.298. The van der Waals surface area contributed by atoms with Crippen molar-refractivity contribution in [1.29, 1.82) is 0 Å². The van der Waals surface area contributed by atoms with E-state index in [9.17, 15) is 9.59 Å². The maximum atomic E-state index is 9.36. The van der Waals surface area contributed by atoms with Crippen molar-refractivity contribution in [3.8, 4) is 0 Å². The molecule has 0 radical (unpaired) electrons. The van der Waals surface area contributed by atoms with Crippen LogP contribution in [0.2, 0.25) is 0 Å². The van der Waals surface area contributed by atoms with Gasteiger partial charge in [0.2, 0.25) is 0 Å². The number of carbonyl (C=O) groups is 2. The standard InChI is InChI=1S/C2H2N4O3/c7-1-3-5-9-6-4-2-8/h1-2H. The Balaban J connectivity index is 3.27. The quantitative estimate of drug-likeness (QED) is 0.305. The Morgan fingerprint density at radius 1 is 1.00 bits per heavy atom. The van der Waals surface area contributed by atoms with E-state index in [4.69, 9.17) is 0 Å². The van der Waals surface area contributed by atoms with Gasteiger partial charge in [-0.25, -0.2) is 4.94 Å². The Labute approximate surface area is 49.3 Å². The van der Waals surface area contributed by atoms with Crippen molar-refractivity contribution >= 4 is 12.8 Å². The van der Waals surface area contributed by atoms with Crippen molar-refractivity contribution in [2.45, 2.75) is 0 Å². The molecule has 0 unspecified atom stereocenters. The van der Waals surface area contributed by atoms with Gasteiger partial charge >= 0.3 is 0 Å². The van der Waals surface area contributed by atoms with Crippen molar-refractivity contribution in [3.63, 3.8) is 0 Å². The normalized spacial score (nSPS) is 10.2. The topological polar surface area (TPSA) is 92.8 Å². The number of carbonyl (C=O) groups excluding carboxylic acids is 2.